The maximum Gasteiger partial charge on any atom is 0.433 e. The van der Waals surface area contributed by atoms with Crippen LogP contribution in [0.5, 0.6) is 0 Å². The van der Waals surface area contributed by atoms with Gasteiger partial charge in [-0.05, 0) is 23.5 Å². The predicted molar refractivity (Wildman–Crippen MR) is 95.5 cm³/mol. The number of aliphatic imine (C=N–C) groups is 1. The van der Waals surface area contributed by atoms with E-state index in [1.165, 1.54) is 6.07 Å². The minimum atomic E-state index is -4.89. The Morgan fingerprint density at radius 1 is 1.00 bits per heavy atom. The van der Waals surface area contributed by atoms with E-state index in [0.29, 0.717) is 0 Å². The molecule has 0 amide bonds. The van der Waals surface area contributed by atoms with Gasteiger partial charge in [0.15, 0.2) is 5.82 Å². The fraction of sp³-hybridized carbons (Fsp3) is 0.450. The lowest BCUT2D eigenvalue weighted by molar-refractivity contribution is -0.142. The highest BCUT2D eigenvalue weighted by Gasteiger charge is 2.51. The SMILES string of the molecule is CC1(C)CC(=O)C2C(=Nc3n[nH]c(C(F)(F)F)c3C2c2ccccc2C(F)(F)F)C1. The number of nitrogens with zero attached hydrogens (tertiary/aromatic N) is 2. The number of fused-ring (bicyclic) bond motifs is 2. The molecule has 1 fully saturated rings. The second-order valence-corrected chi connectivity index (χ2v) is 8.46. The third-order valence-electron chi connectivity index (χ3n) is 5.58. The molecular weight excluding hydrogens is 412 g/mol. The molecule has 10 heteroatoms. The fourth-order valence-electron chi connectivity index (χ4n) is 4.52. The Morgan fingerprint density at radius 2 is 1.67 bits per heavy atom. The summed E-state index contributed by atoms with van der Waals surface area (Å²) in [5.41, 5.74) is -3.48. The van der Waals surface area contributed by atoms with E-state index in [0.717, 1.165) is 18.2 Å². The zero-order chi connectivity index (χ0) is 22.1. The minimum Gasteiger partial charge on any atom is -0.299 e. The number of carbonyl (C=O) groups excluding carboxylic acids is 1. The van der Waals surface area contributed by atoms with Crippen LogP contribution >= 0.6 is 0 Å². The lowest BCUT2D eigenvalue weighted by Crippen LogP contribution is -2.43. The van der Waals surface area contributed by atoms with Crippen LogP contribution in [-0.2, 0) is 17.1 Å². The maximum absolute atomic E-state index is 13.7. The molecule has 160 valence electrons. The zero-order valence-electron chi connectivity index (χ0n) is 15.9. The van der Waals surface area contributed by atoms with Crippen molar-refractivity contribution < 1.29 is 31.1 Å². The van der Waals surface area contributed by atoms with Crippen LogP contribution in [-0.4, -0.2) is 21.7 Å². The second kappa shape index (κ2) is 6.42. The highest BCUT2D eigenvalue weighted by atomic mass is 19.4. The summed E-state index contributed by atoms with van der Waals surface area (Å²) < 4.78 is 82.1. The molecule has 1 aliphatic carbocycles. The molecule has 1 aromatic heterocycles. The van der Waals surface area contributed by atoms with Gasteiger partial charge >= 0.3 is 12.4 Å². The van der Waals surface area contributed by atoms with E-state index in [1.54, 1.807) is 0 Å². The molecule has 0 bridgehead atoms. The van der Waals surface area contributed by atoms with Crippen LogP contribution in [0.3, 0.4) is 0 Å². The Labute approximate surface area is 167 Å². The number of benzene rings is 1. The van der Waals surface area contributed by atoms with Crippen molar-refractivity contribution in [1.82, 2.24) is 10.2 Å². The molecule has 0 saturated heterocycles. The Morgan fingerprint density at radius 3 is 2.30 bits per heavy atom. The molecule has 0 radical (unpaired) electrons. The number of hydrogen-bond donors (Lipinski definition) is 1. The molecule has 2 aliphatic rings. The monoisotopic (exact) mass is 429 g/mol. The van der Waals surface area contributed by atoms with Crippen molar-refractivity contribution in [3.05, 3.63) is 46.6 Å². The van der Waals surface area contributed by atoms with Crippen molar-refractivity contribution in [2.75, 3.05) is 0 Å². The van der Waals surface area contributed by atoms with Crippen LogP contribution in [0, 0.1) is 11.3 Å². The van der Waals surface area contributed by atoms with E-state index in [2.05, 4.69) is 10.1 Å². The number of H-pyrrole nitrogens is 1. The van der Waals surface area contributed by atoms with Gasteiger partial charge in [-0.15, -0.1) is 0 Å². The molecule has 2 heterocycles. The van der Waals surface area contributed by atoms with Crippen molar-refractivity contribution in [3.63, 3.8) is 0 Å². The van der Waals surface area contributed by atoms with Gasteiger partial charge < -0.3 is 0 Å². The third-order valence-corrected chi connectivity index (χ3v) is 5.58. The number of ketones is 1. The normalized spacial score (nSPS) is 23.6. The number of aromatic amines is 1. The minimum absolute atomic E-state index is 0.0376. The average Bonchev–Trinajstić information content (AvgIpc) is 3.02. The van der Waals surface area contributed by atoms with E-state index < -0.39 is 52.2 Å². The number of hydrogen-bond acceptors (Lipinski definition) is 3. The lowest BCUT2D eigenvalue weighted by atomic mass is 9.63. The fourth-order valence-corrected chi connectivity index (χ4v) is 4.52. The molecule has 30 heavy (non-hydrogen) atoms. The van der Waals surface area contributed by atoms with Crippen LogP contribution in [0.2, 0.25) is 0 Å². The summed E-state index contributed by atoms with van der Waals surface area (Å²) in [5, 5.41) is 5.51. The first kappa shape index (κ1) is 20.6. The van der Waals surface area contributed by atoms with Gasteiger partial charge in [-0.3, -0.25) is 9.89 Å². The molecule has 1 aromatic carbocycles. The van der Waals surface area contributed by atoms with Crippen molar-refractivity contribution in [1.29, 1.82) is 0 Å². The molecule has 4 rings (SSSR count). The smallest absolute Gasteiger partial charge is 0.299 e. The van der Waals surface area contributed by atoms with E-state index in [1.807, 2.05) is 18.9 Å². The van der Waals surface area contributed by atoms with Crippen molar-refractivity contribution in [2.45, 2.75) is 45.0 Å². The van der Waals surface area contributed by atoms with E-state index in [4.69, 9.17) is 0 Å². The summed E-state index contributed by atoms with van der Waals surface area (Å²) in [6.07, 6.45) is -9.38. The summed E-state index contributed by atoms with van der Waals surface area (Å²) in [4.78, 5) is 17.2. The number of halogens is 6. The molecule has 2 atom stereocenters. The van der Waals surface area contributed by atoms with Crippen LogP contribution in [0.1, 0.15) is 55.0 Å². The quantitative estimate of drug-likeness (QED) is 0.594. The van der Waals surface area contributed by atoms with Gasteiger partial charge in [-0.1, -0.05) is 32.0 Å². The Bertz CT molecular complexity index is 1050. The van der Waals surface area contributed by atoms with Crippen LogP contribution in [0.15, 0.2) is 29.3 Å². The topological polar surface area (TPSA) is 58.1 Å². The summed E-state index contributed by atoms with van der Waals surface area (Å²) in [6.45, 7) is 3.62. The standard InChI is InChI=1S/C20H17F6N3O/c1-18(2)7-11-14(12(30)8-18)13(9-5-3-4-6-10(9)19(21,22)23)15-16(20(24,25)26)28-29-17(15)27-11/h3-6,13-14H,7-8H2,1-2H3,(H,28,29). The van der Waals surface area contributed by atoms with Crippen molar-refractivity contribution >= 4 is 17.3 Å². The number of Topliss-reactive ketones (excluding diaryl/α,β-unsaturated/α-hetero) is 1. The molecular formula is C20H17F6N3O. The second-order valence-electron chi connectivity index (χ2n) is 8.46. The highest BCUT2D eigenvalue weighted by molar-refractivity contribution is 6.11. The van der Waals surface area contributed by atoms with E-state index >= 15 is 0 Å². The largest absolute Gasteiger partial charge is 0.433 e. The van der Waals surface area contributed by atoms with Gasteiger partial charge in [-0.25, -0.2) is 4.99 Å². The van der Waals surface area contributed by atoms with Gasteiger partial charge in [0, 0.05) is 23.6 Å². The van der Waals surface area contributed by atoms with E-state index in [-0.39, 0.29) is 29.9 Å². The Hall–Kier alpha value is -2.65. The molecule has 2 unspecified atom stereocenters. The van der Waals surface area contributed by atoms with Gasteiger partial charge in [-0.2, -0.15) is 31.4 Å². The highest BCUT2D eigenvalue weighted by Crippen LogP contribution is 2.53. The summed E-state index contributed by atoms with van der Waals surface area (Å²) in [6, 6.07) is 4.42. The van der Waals surface area contributed by atoms with Gasteiger partial charge in [0.1, 0.15) is 11.5 Å². The Kier molecular flexibility index (Phi) is 4.41. The van der Waals surface area contributed by atoms with Gasteiger partial charge in [0.25, 0.3) is 0 Å². The molecule has 1 saturated carbocycles. The number of nitrogens with one attached hydrogen (secondary N) is 1. The van der Waals surface area contributed by atoms with Crippen LogP contribution < -0.4 is 0 Å². The maximum atomic E-state index is 13.7. The summed E-state index contributed by atoms with van der Waals surface area (Å²) in [5.74, 6) is -3.43. The van der Waals surface area contributed by atoms with Crippen LogP contribution in [0.25, 0.3) is 0 Å². The van der Waals surface area contributed by atoms with E-state index in [9.17, 15) is 31.1 Å². The van der Waals surface area contributed by atoms with Crippen LogP contribution in [0.4, 0.5) is 32.2 Å². The van der Waals surface area contributed by atoms with Gasteiger partial charge in [0.2, 0.25) is 0 Å². The molecule has 0 spiro atoms. The Balaban J connectivity index is 2.02. The summed E-state index contributed by atoms with van der Waals surface area (Å²) in [7, 11) is 0. The lowest BCUT2D eigenvalue weighted by Gasteiger charge is -2.40. The number of rotatable bonds is 1. The van der Waals surface area contributed by atoms with Crippen molar-refractivity contribution in [2.24, 2.45) is 16.3 Å². The zero-order valence-corrected chi connectivity index (χ0v) is 15.9. The number of carbonyl (C=O) groups is 1. The molecule has 4 nitrogen and oxygen atoms in total. The number of alkyl halides is 6. The molecule has 1 N–H and O–H groups in total. The first-order valence-electron chi connectivity index (χ1n) is 9.21. The average molecular weight is 429 g/mol. The third kappa shape index (κ3) is 3.31. The van der Waals surface area contributed by atoms with Gasteiger partial charge in [0.05, 0.1) is 11.5 Å². The molecule has 1 aliphatic heterocycles. The predicted octanol–water partition coefficient (Wildman–Crippen LogP) is 5.67. The van der Waals surface area contributed by atoms with Crippen molar-refractivity contribution in [3.8, 4) is 0 Å². The first-order chi connectivity index (χ1) is 13.8. The first-order valence-corrected chi connectivity index (χ1v) is 9.21. The number of aromatic nitrogens is 2. The summed E-state index contributed by atoms with van der Waals surface area (Å²) >= 11 is 0. The molecule has 2 aromatic rings.